The third kappa shape index (κ3) is 11.6. The number of aldehydes is 1. The summed E-state index contributed by atoms with van der Waals surface area (Å²) in [6.45, 7) is 5.30. The Bertz CT molecular complexity index is 3090. The van der Waals surface area contributed by atoms with Gasteiger partial charge in [0.25, 0.3) is 0 Å². The molecule has 4 atom stereocenters. The summed E-state index contributed by atoms with van der Waals surface area (Å²) in [7, 11) is 0. The minimum atomic E-state index is -0.916. The second-order valence-corrected chi connectivity index (χ2v) is 17.5. The van der Waals surface area contributed by atoms with Crippen molar-refractivity contribution >= 4 is 63.2 Å². The molecule has 4 heterocycles. The van der Waals surface area contributed by atoms with E-state index in [0.29, 0.717) is 52.7 Å². The Morgan fingerprint density at radius 1 is 0.681 bits per heavy atom. The number of hydrogen-bond donors (Lipinski definition) is 5. The molecular formula is C54H56Cl2N6O7. The van der Waals surface area contributed by atoms with Crippen LogP contribution < -0.4 is 5.32 Å². The largest absolute Gasteiger partial charge is 0.480 e. The summed E-state index contributed by atoms with van der Waals surface area (Å²) in [5, 5.41) is 51.3. The number of aliphatic hydroxyl groups is 2. The molecule has 69 heavy (non-hydrogen) atoms. The highest BCUT2D eigenvalue weighted by molar-refractivity contribution is 6.35. The minimum Gasteiger partial charge on any atom is -0.480 e. The van der Waals surface area contributed by atoms with E-state index in [0.717, 1.165) is 61.8 Å². The van der Waals surface area contributed by atoms with Crippen LogP contribution in [0.5, 0.6) is 0 Å². The van der Waals surface area contributed by atoms with Gasteiger partial charge in [0.2, 0.25) is 0 Å². The highest BCUT2D eigenvalue weighted by Crippen LogP contribution is 2.33. The Morgan fingerprint density at radius 2 is 1.20 bits per heavy atom. The van der Waals surface area contributed by atoms with Gasteiger partial charge < -0.3 is 25.7 Å². The van der Waals surface area contributed by atoms with Gasteiger partial charge in [0, 0.05) is 61.2 Å². The molecule has 8 aromatic rings. The fourth-order valence-corrected chi connectivity index (χ4v) is 9.29. The van der Waals surface area contributed by atoms with Gasteiger partial charge in [-0.15, -0.1) is 0 Å². The van der Waals surface area contributed by atoms with Crippen molar-refractivity contribution in [2.24, 2.45) is 0 Å². The maximum absolute atomic E-state index is 11.6. The molecule has 15 heteroatoms. The lowest BCUT2D eigenvalue weighted by Crippen LogP contribution is -2.35. The molecule has 0 amide bonds. The molecule has 0 saturated carbocycles. The third-order valence-electron chi connectivity index (χ3n) is 12.1. The van der Waals surface area contributed by atoms with Crippen molar-refractivity contribution in [2.75, 3.05) is 13.1 Å². The number of carboxylic acid groups (broad SMARTS) is 2. The number of likely N-dealkylation sites (tertiary alicyclic amines) is 1. The molecule has 10 rings (SSSR count). The van der Waals surface area contributed by atoms with Crippen molar-refractivity contribution < 1.29 is 34.8 Å². The van der Waals surface area contributed by atoms with Crippen LogP contribution in [0.2, 0.25) is 10.0 Å². The van der Waals surface area contributed by atoms with Gasteiger partial charge in [-0.3, -0.25) is 19.3 Å². The smallest absolute Gasteiger partial charge is 0.321 e. The summed E-state index contributed by atoms with van der Waals surface area (Å²) in [5.41, 5.74) is 11.7. The van der Waals surface area contributed by atoms with E-state index < -0.39 is 36.2 Å². The average molecular weight is 972 g/mol. The maximum atomic E-state index is 11.6. The number of aliphatic carboxylic acids is 2. The first-order chi connectivity index (χ1) is 32.3. The number of halogens is 2. The highest BCUT2D eigenvalue weighted by atomic mass is 35.5. The topological polar surface area (TPSA) is 183 Å². The van der Waals surface area contributed by atoms with Crippen LogP contribution in [0.3, 0.4) is 0 Å². The lowest BCUT2D eigenvalue weighted by Gasteiger charge is -2.20. The van der Waals surface area contributed by atoms with Crippen molar-refractivity contribution in [3.05, 3.63) is 166 Å². The summed E-state index contributed by atoms with van der Waals surface area (Å²) in [6.07, 6.45) is 4.11. The summed E-state index contributed by atoms with van der Waals surface area (Å²) >= 11 is 12.9. The second-order valence-electron chi connectivity index (χ2n) is 16.7. The minimum absolute atomic E-state index is 0. The number of fused-ring (bicyclic) bond motifs is 2. The number of carboxylic acids is 2. The zero-order valence-electron chi connectivity index (χ0n) is 36.6. The zero-order valence-corrected chi connectivity index (χ0v) is 38.1. The normalized spacial score (nSPS) is 17.5. The van der Waals surface area contributed by atoms with E-state index >= 15 is 0 Å². The maximum Gasteiger partial charge on any atom is 0.321 e. The van der Waals surface area contributed by atoms with Crippen LogP contribution in [-0.4, -0.2) is 100 Å². The number of hydrogen-bond acceptors (Lipinski definition) is 9. The van der Waals surface area contributed by atoms with E-state index in [-0.39, 0.29) is 21.3 Å². The number of β-amino-alcohol motifs (C(OH)–C–C–N with tert-alkyl or cyclic N) is 2. The van der Waals surface area contributed by atoms with E-state index in [9.17, 15) is 24.6 Å². The van der Waals surface area contributed by atoms with Gasteiger partial charge in [-0.25, -0.2) is 9.36 Å². The molecule has 2 fully saturated rings. The van der Waals surface area contributed by atoms with Gasteiger partial charge in [0.05, 0.1) is 33.6 Å². The van der Waals surface area contributed by atoms with Gasteiger partial charge >= 0.3 is 11.9 Å². The summed E-state index contributed by atoms with van der Waals surface area (Å²) in [5.74, 6) is -1.80. The van der Waals surface area contributed by atoms with E-state index in [2.05, 4.69) is 60.7 Å². The Morgan fingerprint density at radius 3 is 1.67 bits per heavy atom. The highest BCUT2D eigenvalue weighted by Gasteiger charge is 2.36. The first-order valence-electron chi connectivity index (χ1n) is 21.7. The van der Waals surface area contributed by atoms with Crippen molar-refractivity contribution in [3.8, 4) is 33.6 Å². The molecule has 6 aromatic carbocycles. The number of nitrogens with zero attached hydrogens (tertiary/aromatic N) is 5. The fourth-order valence-electron chi connectivity index (χ4n) is 8.73. The number of carbonyl (C=O) groups excluding carboxylic acids is 1. The van der Waals surface area contributed by atoms with Crippen LogP contribution >= 0.6 is 23.2 Å². The molecule has 2 aromatic heterocycles. The molecule has 0 radical (unpaired) electrons. The van der Waals surface area contributed by atoms with E-state index in [1.807, 2.05) is 94.6 Å². The molecule has 2 aliphatic heterocycles. The van der Waals surface area contributed by atoms with Gasteiger partial charge in [0.15, 0.2) is 0 Å². The first kappa shape index (κ1) is 51.7. The van der Waals surface area contributed by atoms with Crippen molar-refractivity contribution in [3.63, 3.8) is 0 Å². The molecule has 0 unspecified atom stereocenters. The lowest BCUT2D eigenvalue weighted by molar-refractivity contribution is -0.142. The van der Waals surface area contributed by atoms with Gasteiger partial charge in [-0.2, -0.15) is 10.2 Å². The Balaban J connectivity index is 0.000000192. The standard InChI is InChI=1S/C26H24ClN3O3.C21H15ClN2O.C5H9NO3.2CH4/c1-16-21(18-6-3-2-4-7-18)8-5-9-23(16)30-14-19-10-17(11-22(27)25(19)28-30)13-29-15-20(31)12-24(29)26(32)33;1-14-18(16-6-3-2-4-7-16)8-5-9-20(14)24-12-17-10-15(13-25)11-19(22)21(17)23-24;7-3-1-4(5(8)9)6-2-3;;/h2-11,14,20,24,31H,12-13,15H2,1H3,(H,32,33);2-13H,1H3;3-4,6-7H,1-2H2,(H,8,9);2*1H4/t20-,24-;;3-,4-;;/m0.0../s1. The molecule has 13 nitrogen and oxygen atoms in total. The molecule has 0 aliphatic carbocycles. The third-order valence-corrected chi connectivity index (χ3v) is 12.6. The van der Waals surface area contributed by atoms with E-state index in [1.54, 1.807) is 17.0 Å². The molecule has 2 aliphatic rings. The fraction of sp³-hybridized carbons (Fsp3) is 0.241. The predicted molar refractivity (Wildman–Crippen MR) is 274 cm³/mol. The van der Waals surface area contributed by atoms with Crippen LogP contribution in [0.25, 0.3) is 55.4 Å². The number of aliphatic hydroxyl groups excluding tert-OH is 2. The van der Waals surface area contributed by atoms with Crippen molar-refractivity contribution in [1.29, 1.82) is 0 Å². The molecule has 5 N–H and O–H groups in total. The molecule has 0 spiro atoms. The average Bonchev–Trinajstić information content (AvgIpc) is 4.14. The Kier molecular flexibility index (Phi) is 16.9. The van der Waals surface area contributed by atoms with Gasteiger partial charge in [-0.05, 0) is 89.2 Å². The van der Waals surface area contributed by atoms with E-state index in [1.165, 1.54) is 5.56 Å². The quantitative estimate of drug-likeness (QED) is 0.0868. The second kappa shape index (κ2) is 22.6. The van der Waals surface area contributed by atoms with Crippen molar-refractivity contribution in [2.45, 2.75) is 72.4 Å². The summed E-state index contributed by atoms with van der Waals surface area (Å²) in [6, 6.07) is 38.9. The number of aromatic nitrogens is 4. The van der Waals surface area contributed by atoms with Crippen LogP contribution in [-0.2, 0) is 16.1 Å². The molecule has 2 saturated heterocycles. The van der Waals surface area contributed by atoms with Gasteiger partial charge in [0.1, 0.15) is 29.4 Å². The zero-order chi connectivity index (χ0) is 47.4. The summed E-state index contributed by atoms with van der Waals surface area (Å²) in [4.78, 5) is 34.6. The molecule has 358 valence electrons. The molecular weight excluding hydrogens is 916 g/mol. The number of rotatable bonds is 9. The van der Waals surface area contributed by atoms with Crippen LogP contribution in [0.1, 0.15) is 54.7 Å². The Hall–Kier alpha value is -6.71. The number of benzene rings is 6. The number of nitrogens with one attached hydrogen (secondary N) is 1. The molecule has 0 bridgehead atoms. The van der Waals surface area contributed by atoms with Gasteiger partial charge in [-0.1, -0.05) is 123 Å². The number of carbonyl (C=O) groups is 3. The monoisotopic (exact) mass is 970 g/mol. The van der Waals surface area contributed by atoms with E-state index in [4.69, 9.17) is 38.5 Å². The van der Waals surface area contributed by atoms with Crippen molar-refractivity contribution in [1.82, 2.24) is 29.8 Å². The van der Waals surface area contributed by atoms with Crippen LogP contribution in [0.4, 0.5) is 0 Å². The summed E-state index contributed by atoms with van der Waals surface area (Å²) < 4.78 is 3.68. The predicted octanol–water partition coefficient (Wildman–Crippen LogP) is 10.2. The van der Waals surface area contributed by atoms with Crippen LogP contribution in [0, 0.1) is 13.8 Å². The lowest BCUT2D eigenvalue weighted by atomic mass is 9.99. The Labute approximate surface area is 411 Å². The SMILES string of the molecule is C.C.Cc1c(-c2ccccc2)cccc1-n1cc2cc(C=O)cc(Cl)c2n1.Cc1c(-c2ccccc2)cccc1-n1cc2cc(CN3C[C@@H](O)C[C@H]3C(=O)O)cc(Cl)c2n1.O=C(O)[C@@H]1C[C@H](O)CN1. The first-order valence-corrected chi connectivity index (χ1v) is 22.5. The van der Waals surface area contributed by atoms with Crippen LogP contribution in [0.15, 0.2) is 134 Å².